The molecule has 2 heterocycles. The van der Waals surface area contributed by atoms with Gasteiger partial charge in [-0.05, 0) is 37.1 Å². The van der Waals surface area contributed by atoms with E-state index in [9.17, 15) is 4.79 Å². The van der Waals surface area contributed by atoms with Gasteiger partial charge in [-0.3, -0.25) is 9.69 Å². The van der Waals surface area contributed by atoms with Gasteiger partial charge in [-0.25, -0.2) is 0 Å². The van der Waals surface area contributed by atoms with E-state index in [0.29, 0.717) is 18.9 Å². The Balaban J connectivity index is 1.33. The molecule has 6 heteroatoms. The van der Waals surface area contributed by atoms with E-state index in [4.69, 9.17) is 13.9 Å². The molecule has 32 heavy (non-hydrogen) atoms. The number of benzene rings is 2. The van der Waals surface area contributed by atoms with Crippen LogP contribution in [0, 0.1) is 13.8 Å². The second kappa shape index (κ2) is 9.92. The standard InChI is InChI=1S/C26H30N2O4/c1-19-8-9-20(2)21(14-19)17-32-26-18-31-22(15-24(26)29)16-27-10-12-28(13-11-27)23-6-4-5-7-25(23)30-3/h4-9,14-15,18H,10-13,16-17H2,1-3H3. The molecule has 4 rings (SSSR count). The molecule has 6 nitrogen and oxygen atoms in total. The molecule has 0 amide bonds. The van der Waals surface area contributed by atoms with Gasteiger partial charge in [-0.15, -0.1) is 0 Å². The second-order valence-corrected chi connectivity index (χ2v) is 8.23. The normalized spacial score (nSPS) is 14.4. The van der Waals surface area contributed by atoms with Crippen molar-refractivity contribution >= 4 is 5.69 Å². The summed E-state index contributed by atoms with van der Waals surface area (Å²) in [5.41, 5.74) is 4.35. The summed E-state index contributed by atoms with van der Waals surface area (Å²) >= 11 is 0. The average Bonchev–Trinajstić information content (AvgIpc) is 2.81. The zero-order valence-electron chi connectivity index (χ0n) is 19.0. The average molecular weight is 435 g/mol. The lowest BCUT2D eigenvalue weighted by Gasteiger charge is -2.36. The minimum Gasteiger partial charge on any atom is -0.495 e. The molecule has 0 bridgehead atoms. The molecule has 3 aromatic rings. The van der Waals surface area contributed by atoms with Crippen LogP contribution >= 0.6 is 0 Å². The van der Waals surface area contributed by atoms with Crippen molar-refractivity contribution in [2.24, 2.45) is 0 Å². The first-order chi connectivity index (χ1) is 15.5. The summed E-state index contributed by atoms with van der Waals surface area (Å²) in [7, 11) is 1.70. The third-order valence-electron chi connectivity index (χ3n) is 5.92. The van der Waals surface area contributed by atoms with Crippen molar-refractivity contribution in [3.05, 3.63) is 87.5 Å². The maximum absolute atomic E-state index is 12.5. The summed E-state index contributed by atoms with van der Waals surface area (Å²) in [6.45, 7) is 8.58. The number of piperazine rings is 1. The summed E-state index contributed by atoms with van der Waals surface area (Å²) < 4.78 is 17.0. The highest BCUT2D eigenvalue weighted by molar-refractivity contribution is 5.58. The van der Waals surface area contributed by atoms with Crippen LogP contribution in [0.1, 0.15) is 22.5 Å². The fourth-order valence-electron chi connectivity index (χ4n) is 4.00. The SMILES string of the molecule is COc1ccccc1N1CCN(Cc2cc(=O)c(OCc3cc(C)ccc3C)co2)CC1. The Kier molecular flexibility index (Phi) is 6.81. The van der Waals surface area contributed by atoms with E-state index >= 15 is 0 Å². The highest BCUT2D eigenvalue weighted by Gasteiger charge is 2.20. The molecule has 0 aliphatic carbocycles. The summed E-state index contributed by atoms with van der Waals surface area (Å²) in [6.07, 6.45) is 1.44. The van der Waals surface area contributed by atoms with Gasteiger partial charge in [0, 0.05) is 32.2 Å². The van der Waals surface area contributed by atoms with Crippen molar-refractivity contribution in [3.63, 3.8) is 0 Å². The topological polar surface area (TPSA) is 55.2 Å². The molecule has 1 aromatic heterocycles. The van der Waals surface area contributed by atoms with E-state index in [1.165, 1.54) is 11.8 Å². The van der Waals surface area contributed by atoms with E-state index in [-0.39, 0.29) is 11.2 Å². The van der Waals surface area contributed by atoms with Crippen molar-refractivity contribution in [1.29, 1.82) is 0 Å². The van der Waals surface area contributed by atoms with Crippen LogP contribution in [0.2, 0.25) is 0 Å². The highest BCUT2D eigenvalue weighted by Crippen LogP contribution is 2.28. The van der Waals surface area contributed by atoms with Crippen LogP contribution < -0.4 is 19.8 Å². The summed E-state index contributed by atoms with van der Waals surface area (Å²) in [5.74, 6) is 1.79. The maximum Gasteiger partial charge on any atom is 0.227 e. The summed E-state index contributed by atoms with van der Waals surface area (Å²) in [4.78, 5) is 17.2. The van der Waals surface area contributed by atoms with Crippen molar-refractivity contribution in [2.45, 2.75) is 27.0 Å². The molecule has 0 radical (unpaired) electrons. The zero-order valence-corrected chi connectivity index (χ0v) is 19.0. The smallest absolute Gasteiger partial charge is 0.227 e. The number of ether oxygens (including phenoxy) is 2. The van der Waals surface area contributed by atoms with Crippen molar-refractivity contribution in [1.82, 2.24) is 4.90 Å². The summed E-state index contributed by atoms with van der Waals surface area (Å²) in [6, 6.07) is 15.8. The Bertz CT molecular complexity index is 1120. The van der Waals surface area contributed by atoms with Crippen LogP contribution in [0.25, 0.3) is 0 Å². The number of hydrogen-bond donors (Lipinski definition) is 0. The number of para-hydroxylation sites is 2. The van der Waals surface area contributed by atoms with Crippen molar-refractivity contribution in [3.8, 4) is 11.5 Å². The van der Waals surface area contributed by atoms with Gasteiger partial charge in [0.25, 0.3) is 0 Å². The van der Waals surface area contributed by atoms with Gasteiger partial charge in [0.15, 0.2) is 0 Å². The van der Waals surface area contributed by atoms with Crippen molar-refractivity contribution < 1.29 is 13.9 Å². The second-order valence-electron chi connectivity index (χ2n) is 8.23. The fourth-order valence-corrected chi connectivity index (χ4v) is 4.00. The predicted octanol–water partition coefficient (Wildman–Crippen LogP) is 4.17. The van der Waals surface area contributed by atoms with Gasteiger partial charge in [0.05, 0.1) is 19.3 Å². The molecular formula is C26H30N2O4. The number of aryl methyl sites for hydroxylation is 2. The van der Waals surface area contributed by atoms with Crippen molar-refractivity contribution in [2.75, 3.05) is 38.2 Å². The van der Waals surface area contributed by atoms with E-state index in [1.54, 1.807) is 13.2 Å². The van der Waals surface area contributed by atoms with Crippen LogP contribution in [0.4, 0.5) is 5.69 Å². The van der Waals surface area contributed by atoms with Crippen LogP contribution in [0.15, 0.2) is 64.0 Å². The lowest BCUT2D eigenvalue weighted by molar-refractivity contribution is 0.224. The van der Waals surface area contributed by atoms with E-state index in [0.717, 1.165) is 48.7 Å². The largest absolute Gasteiger partial charge is 0.495 e. The number of methoxy groups -OCH3 is 1. The zero-order chi connectivity index (χ0) is 22.5. The molecule has 2 aromatic carbocycles. The molecule has 0 atom stereocenters. The maximum atomic E-state index is 12.5. The van der Waals surface area contributed by atoms with Gasteiger partial charge < -0.3 is 18.8 Å². The van der Waals surface area contributed by atoms with Crippen LogP contribution in [-0.4, -0.2) is 38.2 Å². The number of rotatable bonds is 7. The number of anilines is 1. The quantitative estimate of drug-likeness (QED) is 0.556. The Morgan fingerprint density at radius 3 is 2.50 bits per heavy atom. The van der Waals surface area contributed by atoms with Gasteiger partial charge in [-0.1, -0.05) is 35.9 Å². The molecule has 0 unspecified atom stereocenters. The number of nitrogens with zero attached hydrogens (tertiary/aromatic N) is 2. The lowest BCUT2D eigenvalue weighted by atomic mass is 10.1. The predicted molar refractivity (Wildman–Crippen MR) is 126 cm³/mol. The first-order valence-corrected chi connectivity index (χ1v) is 10.9. The van der Waals surface area contributed by atoms with Gasteiger partial charge in [0.2, 0.25) is 11.2 Å². The fraction of sp³-hybridized carbons (Fsp3) is 0.346. The summed E-state index contributed by atoms with van der Waals surface area (Å²) in [5, 5.41) is 0. The van der Waals surface area contributed by atoms with E-state index in [2.05, 4.69) is 34.1 Å². The molecule has 1 aliphatic heterocycles. The molecule has 0 saturated carbocycles. The van der Waals surface area contributed by atoms with E-state index in [1.807, 2.05) is 32.0 Å². The van der Waals surface area contributed by atoms with Crippen LogP contribution in [-0.2, 0) is 13.2 Å². The Labute approximate surface area is 189 Å². The molecule has 0 N–H and O–H groups in total. The molecule has 1 saturated heterocycles. The highest BCUT2D eigenvalue weighted by atomic mass is 16.5. The van der Waals surface area contributed by atoms with Crippen LogP contribution in [0.5, 0.6) is 11.5 Å². The third kappa shape index (κ3) is 5.14. The Morgan fingerprint density at radius 2 is 1.75 bits per heavy atom. The molecule has 0 spiro atoms. The van der Waals surface area contributed by atoms with Gasteiger partial charge in [-0.2, -0.15) is 0 Å². The van der Waals surface area contributed by atoms with Crippen LogP contribution in [0.3, 0.4) is 0 Å². The minimum absolute atomic E-state index is 0.149. The third-order valence-corrected chi connectivity index (χ3v) is 5.92. The molecule has 168 valence electrons. The monoisotopic (exact) mass is 434 g/mol. The first kappa shape index (κ1) is 22.0. The molecule has 1 aliphatic rings. The number of hydrogen-bond acceptors (Lipinski definition) is 6. The Morgan fingerprint density at radius 1 is 0.969 bits per heavy atom. The van der Waals surface area contributed by atoms with Gasteiger partial charge >= 0.3 is 0 Å². The van der Waals surface area contributed by atoms with Gasteiger partial charge in [0.1, 0.15) is 24.4 Å². The lowest BCUT2D eigenvalue weighted by Crippen LogP contribution is -2.46. The first-order valence-electron chi connectivity index (χ1n) is 10.9. The minimum atomic E-state index is -0.149. The van der Waals surface area contributed by atoms with E-state index < -0.39 is 0 Å². The Hall–Kier alpha value is -3.25. The molecular weight excluding hydrogens is 404 g/mol. The molecule has 1 fully saturated rings.